The number of amides is 2. The van der Waals surface area contributed by atoms with Crippen LogP contribution in [0.2, 0.25) is 0 Å². The lowest BCUT2D eigenvalue weighted by Gasteiger charge is -2.29. The summed E-state index contributed by atoms with van der Waals surface area (Å²) in [5.74, 6) is 0. The number of aromatic nitrogens is 1. The summed E-state index contributed by atoms with van der Waals surface area (Å²) in [6.07, 6.45) is 6.80. The van der Waals surface area contributed by atoms with Crippen LogP contribution in [0.1, 0.15) is 44.4 Å². The van der Waals surface area contributed by atoms with Crippen molar-refractivity contribution in [2.45, 2.75) is 52.0 Å². The van der Waals surface area contributed by atoms with Gasteiger partial charge in [-0.1, -0.05) is 26.7 Å². The Balaban J connectivity index is 1.88. The molecule has 1 heterocycles. The average molecular weight is 297 g/mol. The van der Waals surface area contributed by atoms with E-state index in [0.717, 1.165) is 32.1 Å². The first-order chi connectivity index (χ1) is 9.57. The van der Waals surface area contributed by atoms with Crippen LogP contribution in [0.4, 0.5) is 9.93 Å². The minimum atomic E-state index is -0.228. The first kappa shape index (κ1) is 15.3. The van der Waals surface area contributed by atoms with E-state index in [0.29, 0.717) is 5.13 Å². The van der Waals surface area contributed by atoms with Crippen LogP contribution in [0.5, 0.6) is 0 Å². The number of nitrogens with zero attached hydrogens (tertiary/aromatic N) is 1. The fourth-order valence-corrected chi connectivity index (χ4v) is 3.60. The highest BCUT2D eigenvalue weighted by atomic mass is 32.1. The van der Waals surface area contributed by atoms with Crippen LogP contribution >= 0.6 is 11.3 Å². The number of carbonyl (C=O) groups excluding carboxylic acids is 1. The molecule has 3 N–H and O–H groups in total. The van der Waals surface area contributed by atoms with Gasteiger partial charge in [0.25, 0.3) is 0 Å². The minimum absolute atomic E-state index is 0.0302. The Hall–Kier alpha value is -1.14. The first-order valence-electron chi connectivity index (χ1n) is 7.20. The lowest BCUT2D eigenvalue weighted by atomic mass is 9.86. The molecule has 112 valence electrons. The molecular formula is C14H23N3O2S. The Morgan fingerprint density at radius 2 is 2.45 bits per heavy atom. The van der Waals surface area contributed by atoms with Gasteiger partial charge in [0, 0.05) is 22.5 Å². The Morgan fingerprint density at radius 1 is 1.65 bits per heavy atom. The van der Waals surface area contributed by atoms with Crippen molar-refractivity contribution in [2.75, 3.05) is 11.9 Å². The van der Waals surface area contributed by atoms with Crippen LogP contribution in [0, 0.1) is 5.41 Å². The number of carbonyl (C=O) groups is 1. The number of thiazole rings is 1. The first-order valence-corrected chi connectivity index (χ1v) is 8.02. The molecule has 0 aromatic carbocycles. The second kappa shape index (κ2) is 6.54. The predicted octanol–water partition coefficient (Wildman–Crippen LogP) is 2.77. The van der Waals surface area contributed by atoms with Gasteiger partial charge in [0.1, 0.15) is 0 Å². The molecule has 1 saturated carbocycles. The van der Waals surface area contributed by atoms with Gasteiger partial charge >= 0.3 is 6.03 Å². The number of aryl methyl sites for hydroxylation is 1. The van der Waals surface area contributed by atoms with Gasteiger partial charge in [-0.2, -0.15) is 0 Å². The number of nitrogens with one attached hydrogen (secondary N) is 2. The maximum atomic E-state index is 12.0. The van der Waals surface area contributed by atoms with Crippen molar-refractivity contribution in [3.8, 4) is 0 Å². The van der Waals surface area contributed by atoms with Gasteiger partial charge in [-0.05, 0) is 19.3 Å². The van der Waals surface area contributed by atoms with E-state index in [1.54, 1.807) is 0 Å². The molecule has 1 aromatic rings. The number of anilines is 1. The normalized spacial score (nSPS) is 25.6. The van der Waals surface area contributed by atoms with Gasteiger partial charge in [-0.15, -0.1) is 11.3 Å². The van der Waals surface area contributed by atoms with E-state index >= 15 is 0 Å². The van der Waals surface area contributed by atoms with Gasteiger partial charge in [-0.3, -0.25) is 5.32 Å². The summed E-state index contributed by atoms with van der Waals surface area (Å²) in [4.78, 5) is 17.4. The molecule has 1 fully saturated rings. The quantitative estimate of drug-likeness (QED) is 0.782. The highest BCUT2D eigenvalue weighted by Crippen LogP contribution is 2.37. The van der Waals surface area contributed by atoms with Gasteiger partial charge in [0.2, 0.25) is 0 Å². The summed E-state index contributed by atoms with van der Waals surface area (Å²) in [7, 11) is 0. The van der Waals surface area contributed by atoms with E-state index in [1.807, 2.05) is 13.1 Å². The van der Waals surface area contributed by atoms with E-state index in [4.69, 9.17) is 0 Å². The van der Waals surface area contributed by atoms with Crippen molar-refractivity contribution >= 4 is 22.5 Å². The van der Waals surface area contributed by atoms with E-state index in [2.05, 4.69) is 22.5 Å². The highest BCUT2D eigenvalue weighted by molar-refractivity contribution is 7.15. The lowest BCUT2D eigenvalue weighted by Crippen LogP contribution is -2.46. The molecule has 1 aliphatic rings. The molecule has 0 spiro atoms. The van der Waals surface area contributed by atoms with E-state index in [-0.39, 0.29) is 24.1 Å². The van der Waals surface area contributed by atoms with Crippen molar-refractivity contribution in [2.24, 2.45) is 5.41 Å². The number of rotatable bonds is 5. The molecule has 2 atom stereocenters. The standard InChI is InChI=1S/C14H23N3O2S/c1-3-5-10-8-15-13(20-10)17-12(19)16-11-6-4-7-14(11,2)9-18/h8,11,18H,3-7,9H2,1-2H3,(H2,15,16,17,19). The Kier molecular flexibility index (Phi) is 4.99. The van der Waals surface area contributed by atoms with Crippen LogP contribution < -0.4 is 10.6 Å². The summed E-state index contributed by atoms with van der Waals surface area (Å²) in [6, 6.07) is -0.198. The van der Waals surface area contributed by atoms with Gasteiger partial charge in [0.15, 0.2) is 5.13 Å². The molecule has 20 heavy (non-hydrogen) atoms. The average Bonchev–Trinajstić information content (AvgIpc) is 2.99. The number of urea groups is 1. The van der Waals surface area contributed by atoms with Crippen LogP contribution in [-0.4, -0.2) is 28.8 Å². The summed E-state index contributed by atoms with van der Waals surface area (Å²) < 4.78 is 0. The molecule has 0 radical (unpaired) electrons. The van der Waals surface area contributed by atoms with Crippen LogP contribution in [0.15, 0.2) is 6.20 Å². The zero-order valence-corrected chi connectivity index (χ0v) is 12.9. The predicted molar refractivity (Wildman–Crippen MR) is 81.1 cm³/mol. The number of hydrogen-bond donors (Lipinski definition) is 3. The van der Waals surface area contributed by atoms with E-state index in [1.165, 1.54) is 16.2 Å². The number of aliphatic hydroxyl groups is 1. The van der Waals surface area contributed by atoms with Gasteiger partial charge < -0.3 is 10.4 Å². The fraction of sp³-hybridized carbons (Fsp3) is 0.714. The second-order valence-electron chi connectivity index (χ2n) is 5.74. The van der Waals surface area contributed by atoms with E-state index < -0.39 is 0 Å². The van der Waals surface area contributed by atoms with Crippen molar-refractivity contribution < 1.29 is 9.90 Å². The maximum Gasteiger partial charge on any atom is 0.321 e. The zero-order valence-electron chi connectivity index (χ0n) is 12.1. The fourth-order valence-electron chi connectivity index (χ4n) is 2.69. The third kappa shape index (κ3) is 3.49. The monoisotopic (exact) mass is 297 g/mol. The molecule has 0 saturated heterocycles. The van der Waals surface area contributed by atoms with Crippen molar-refractivity contribution in [1.82, 2.24) is 10.3 Å². The zero-order chi connectivity index (χ0) is 14.6. The highest BCUT2D eigenvalue weighted by Gasteiger charge is 2.39. The molecule has 5 nitrogen and oxygen atoms in total. The molecule has 2 unspecified atom stereocenters. The number of aliphatic hydroxyl groups excluding tert-OH is 1. The topological polar surface area (TPSA) is 74.2 Å². The van der Waals surface area contributed by atoms with Crippen LogP contribution in [0.3, 0.4) is 0 Å². The Morgan fingerprint density at radius 3 is 3.15 bits per heavy atom. The van der Waals surface area contributed by atoms with Crippen molar-refractivity contribution in [3.63, 3.8) is 0 Å². The van der Waals surface area contributed by atoms with Crippen molar-refractivity contribution in [1.29, 1.82) is 0 Å². The van der Waals surface area contributed by atoms with Crippen molar-refractivity contribution in [3.05, 3.63) is 11.1 Å². The van der Waals surface area contributed by atoms with Gasteiger partial charge in [-0.25, -0.2) is 9.78 Å². The van der Waals surface area contributed by atoms with Crippen LogP contribution in [0.25, 0.3) is 0 Å². The summed E-state index contributed by atoms with van der Waals surface area (Å²) in [5.41, 5.74) is -0.201. The maximum absolute atomic E-state index is 12.0. The third-order valence-electron chi connectivity index (χ3n) is 4.02. The molecule has 1 aliphatic carbocycles. The minimum Gasteiger partial charge on any atom is -0.396 e. The molecule has 2 rings (SSSR count). The summed E-state index contributed by atoms with van der Waals surface area (Å²) in [6.45, 7) is 4.25. The van der Waals surface area contributed by atoms with E-state index in [9.17, 15) is 9.90 Å². The molecule has 0 aliphatic heterocycles. The molecule has 0 bridgehead atoms. The largest absolute Gasteiger partial charge is 0.396 e. The SMILES string of the molecule is CCCc1cnc(NC(=O)NC2CCCC2(C)CO)s1. The molecule has 2 amide bonds. The molecular weight excluding hydrogens is 274 g/mol. The molecule has 6 heteroatoms. The number of hydrogen-bond acceptors (Lipinski definition) is 4. The summed E-state index contributed by atoms with van der Waals surface area (Å²) in [5, 5.41) is 15.9. The second-order valence-corrected chi connectivity index (χ2v) is 6.85. The molecule has 1 aromatic heterocycles. The van der Waals surface area contributed by atoms with Gasteiger partial charge in [0.05, 0.1) is 6.61 Å². The smallest absolute Gasteiger partial charge is 0.321 e. The lowest BCUT2D eigenvalue weighted by molar-refractivity contribution is 0.122. The third-order valence-corrected chi connectivity index (χ3v) is 4.99. The van der Waals surface area contributed by atoms with Crippen LogP contribution in [-0.2, 0) is 6.42 Å². The Bertz CT molecular complexity index is 463. The summed E-state index contributed by atoms with van der Waals surface area (Å²) >= 11 is 1.52. The Labute approximate surface area is 123 Å².